The number of carbonyl (C=O) groups excluding carboxylic acids is 4. The third-order valence-corrected chi connectivity index (χ3v) is 9.21. The largest absolute Gasteiger partial charge is 0.369 e. The SMILES string of the molecule is NC(=O)CN(CC(N)=O)S(=O)(=O)c1ccc(Nc2nc(Cl)nc(Nc3ccc(S(=O)(=O)N(CC(N)=O)CC(N)=O)cc3)n2)cc1. The molecule has 1 heterocycles. The zero-order valence-corrected chi connectivity index (χ0v) is 25.3. The molecule has 0 fully saturated rings. The van der Waals surface area contributed by atoms with Crippen LogP contribution in [0, 0.1) is 0 Å². The lowest BCUT2D eigenvalue weighted by Crippen LogP contribution is -2.43. The van der Waals surface area contributed by atoms with Crippen molar-refractivity contribution < 1.29 is 36.0 Å². The Labute approximate surface area is 261 Å². The van der Waals surface area contributed by atoms with E-state index in [1.807, 2.05) is 0 Å². The van der Waals surface area contributed by atoms with Crippen LogP contribution in [0.25, 0.3) is 0 Å². The van der Waals surface area contributed by atoms with Crippen molar-refractivity contribution >= 4 is 78.5 Å². The van der Waals surface area contributed by atoms with Gasteiger partial charge < -0.3 is 33.6 Å². The second kappa shape index (κ2) is 14.2. The van der Waals surface area contributed by atoms with Crippen LogP contribution in [0.15, 0.2) is 58.3 Å². The molecule has 4 amide bonds. The number of benzene rings is 2. The summed E-state index contributed by atoms with van der Waals surface area (Å²) < 4.78 is 52.6. The first kappa shape index (κ1) is 34.5. The fraction of sp³-hybridized carbons (Fsp3) is 0.174. The normalized spacial score (nSPS) is 11.7. The topological polar surface area (TPSA) is 310 Å². The number of carbonyl (C=O) groups is 4. The van der Waals surface area contributed by atoms with E-state index in [4.69, 9.17) is 34.5 Å². The van der Waals surface area contributed by atoms with Gasteiger partial charge in [-0.25, -0.2) is 16.8 Å². The number of nitrogens with two attached hydrogens (primary N) is 4. The summed E-state index contributed by atoms with van der Waals surface area (Å²) in [6.45, 7) is -3.03. The molecule has 19 nitrogen and oxygen atoms in total. The maximum Gasteiger partial charge on any atom is 0.244 e. The number of nitrogens with zero attached hydrogens (tertiary/aromatic N) is 5. The first-order valence-corrected chi connectivity index (χ1v) is 15.5. The molecule has 10 N–H and O–H groups in total. The lowest BCUT2D eigenvalue weighted by Gasteiger charge is -2.19. The van der Waals surface area contributed by atoms with Gasteiger partial charge in [-0.3, -0.25) is 19.2 Å². The van der Waals surface area contributed by atoms with Crippen molar-refractivity contribution in [3.05, 3.63) is 53.8 Å². The van der Waals surface area contributed by atoms with E-state index < -0.39 is 69.9 Å². The minimum atomic E-state index is -4.31. The number of anilines is 4. The van der Waals surface area contributed by atoms with Crippen molar-refractivity contribution in [3.63, 3.8) is 0 Å². The first-order valence-electron chi connectivity index (χ1n) is 12.3. The van der Waals surface area contributed by atoms with Crippen LogP contribution in [0.2, 0.25) is 5.28 Å². The Morgan fingerprint density at radius 3 is 1.13 bits per heavy atom. The van der Waals surface area contributed by atoms with Gasteiger partial charge in [0.15, 0.2) is 0 Å². The summed E-state index contributed by atoms with van der Waals surface area (Å²) in [6, 6.07) is 10.2. The summed E-state index contributed by atoms with van der Waals surface area (Å²) in [5.41, 5.74) is 21.0. The van der Waals surface area contributed by atoms with E-state index in [1.165, 1.54) is 48.5 Å². The monoisotopic (exact) mass is 683 g/mol. The highest BCUT2D eigenvalue weighted by Gasteiger charge is 2.28. The summed E-state index contributed by atoms with van der Waals surface area (Å²) in [7, 11) is -8.61. The smallest absolute Gasteiger partial charge is 0.244 e. The quantitative estimate of drug-likeness (QED) is 0.0946. The van der Waals surface area contributed by atoms with Crippen LogP contribution >= 0.6 is 11.6 Å². The molecular weight excluding hydrogens is 658 g/mol. The van der Waals surface area contributed by atoms with E-state index in [0.717, 1.165) is 0 Å². The molecule has 0 radical (unpaired) electrons. The van der Waals surface area contributed by atoms with Crippen molar-refractivity contribution in [1.29, 1.82) is 0 Å². The van der Waals surface area contributed by atoms with Gasteiger partial charge in [0.1, 0.15) is 0 Å². The van der Waals surface area contributed by atoms with Gasteiger partial charge in [-0.15, -0.1) is 0 Å². The zero-order chi connectivity index (χ0) is 33.5. The fourth-order valence-electron chi connectivity index (χ4n) is 3.59. The summed E-state index contributed by atoms with van der Waals surface area (Å²) in [5, 5.41) is 5.38. The van der Waals surface area contributed by atoms with Crippen molar-refractivity contribution in [2.24, 2.45) is 22.9 Å². The maximum absolute atomic E-state index is 12.9. The second-order valence-corrected chi connectivity index (χ2v) is 13.2. The predicted octanol–water partition coefficient (Wildman–Crippen LogP) is -2.07. The number of aromatic nitrogens is 3. The van der Waals surface area contributed by atoms with Crippen molar-refractivity contribution in [1.82, 2.24) is 23.6 Å². The van der Waals surface area contributed by atoms with Gasteiger partial charge in [0.05, 0.1) is 36.0 Å². The highest BCUT2D eigenvalue weighted by Crippen LogP contribution is 2.23. The number of hydrogen-bond acceptors (Lipinski definition) is 13. The molecule has 2 aromatic carbocycles. The highest BCUT2D eigenvalue weighted by atomic mass is 35.5. The zero-order valence-electron chi connectivity index (χ0n) is 23.0. The third kappa shape index (κ3) is 9.51. The molecule has 3 rings (SSSR count). The van der Waals surface area contributed by atoms with Gasteiger partial charge in [0.2, 0.25) is 60.9 Å². The molecule has 0 saturated heterocycles. The molecule has 0 unspecified atom stereocenters. The minimum absolute atomic E-state index is 0.0649. The van der Waals surface area contributed by atoms with Gasteiger partial charge in [0.25, 0.3) is 0 Å². The molecule has 0 spiro atoms. The van der Waals surface area contributed by atoms with Crippen LogP contribution in [0.5, 0.6) is 0 Å². The van der Waals surface area contributed by atoms with E-state index in [9.17, 15) is 36.0 Å². The Morgan fingerprint density at radius 2 is 0.867 bits per heavy atom. The van der Waals surface area contributed by atoms with Crippen LogP contribution in [0.1, 0.15) is 0 Å². The van der Waals surface area contributed by atoms with Crippen molar-refractivity contribution in [2.45, 2.75) is 9.79 Å². The summed E-state index contributed by atoms with van der Waals surface area (Å²) in [6.07, 6.45) is 0. The number of amides is 4. The third-order valence-electron chi connectivity index (χ3n) is 5.43. The Kier molecular flexibility index (Phi) is 10.9. The van der Waals surface area contributed by atoms with Gasteiger partial charge >= 0.3 is 0 Å². The van der Waals surface area contributed by atoms with Crippen LogP contribution in [-0.4, -0.2) is 90.2 Å². The average molecular weight is 684 g/mol. The Morgan fingerprint density at radius 1 is 0.578 bits per heavy atom. The highest BCUT2D eigenvalue weighted by molar-refractivity contribution is 7.89. The average Bonchev–Trinajstić information content (AvgIpc) is 2.91. The summed E-state index contributed by atoms with van der Waals surface area (Å²) >= 11 is 6.03. The van der Waals surface area contributed by atoms with Gasteiger partial charge in [-0.05, 0) is 60.1 Å². The van der Waals surface area contributed by atoms with E-state index >= 15 is 0 Å². The van der Waals surface area contributed by atoms with E-state index in [2.05, 4.69) is 25.6 Å². The van der Waals surface area contributed by atoms with Crippen LogP contribution in [0.4, 0.5) is 23.3 Å². The van der Waals surface area contributed by atoms with Crippen molar-refractivity contribution in [3.8, 4) is 0 Å². The standard InChI is InChI=1S/C23H26ClN11O8S2/c24-21-31-22(29-13-1-5-15(6-2-13)44(40,41)34(9-17(25)36)10-18(26)37)33-23(32-21)30-14-3-7-16(8-4-14)45(42,43)35(11-19(27)38)12-20(28)39/h1-8H,9-12H2,(H2,25,36)(H2,26,37)(H2,27,38)(H2,28,39)(H2,29,30,31,32,33). The number of primary amides is 4. The molecule has 0 saturated carbocycles. The number of rotatable bonds is 16. The second-order valence-electron chi connectivity index (χ2n) is 8.96. The first-order chi connectivity index (χ1) is 21.0. The Hall–Kier alpha value is -4.96. The van der Waals surface area contributed by atoms with Gasteiger partial charge in [0, 0.05) is 11.4 Å². The van der Waals surface area contributed by atoms with Gasteiger partial charge in [-0.1, -0.05) is 0 Å². The predicted molar refractivity (Wildman–Crippen MR) is 159 cm³/mol. The maximum atomic E-state index is 12.9. The molecule has 45 heavy (non-hydrogen) atoms. The van der Waals surface area contributed by atoms with Crippen LogP contribution in [0.3, 0.4) is 0 Å². The number of hydrogen-bond donors (Lipinski definition) is 6. The Bertz CT molecular complexity index is 1660. The van der Waals surface area contributed by atoms with E-state index in [0.29, 0.717) is 20.0 Å². The molecule has 0 bridgehead atoms. The van der Waals surface area contributed by atoms with E-state index in [-0.39, 0.29) is 27.0 Å². The molecule has 0 aliphatic carbocycles. The molecule has 0 aliphatic rings. The van der Waals surface area contributed by atoms with Gasteiger partial charge in [-0.2, -0.15) is 23.6 Å². The van der Waals surface area contributed by atoms with E-state index in [1.54, 1.807) is 0 Å². The molecule has 3 aromatic rings. The Balaban J connectivity index is 1.77. The van der Waals surface area contributed by atoms with Crippen LogP contribution in [-0.2, 0) is 39.2 Å². The van der Waals surface area contributed by atoms with Crippen molar-refractivity contribution in [2.75, 3.05) is 36.8 Å². The molecule has 0 atom stereocenters. The number of nitrogens with one attached hydrogen (secondary N) is 2. The molecule has 22 heteroatoms. The summed E-state index contributed by atoms with van der Waals surface area (Å²) in [4.78, 5) is 56.8. The minimum Gasteiger partial charge on any atom is -0.369 e. The molecule has 0 aliphatic heterocycles. The molecule has 1 aromatic heterocycles. The summed E-state index contributed by atoms with van der Waals surface area (Å²) in [5.74, 6) is -4.07. The number of halogens is 1. The van der Waals surface area contributed by atoms with Crippen LogP contribution < -0.4 is 33.6 Å². The fourth-order valence-corrected chi connectivity index (χ4v) is 6.49. The lowest BCUT2D eigenvalue weighted by molar-refractivity contribution is -0.121. The number of sulfonamides is 2. The lowest BCUT2D eigenvalue weighted by atomic mass is 10.3. The molecular formula is C23H26ClN11O8S2. The molecule has 240 valence electrons.